The van der Waals surface area contributed by atoms with Gasteiger partial charge in [0.25, 0.3) is 0 Å². The van der Waals surface area contributed by atoms with Crippen molar-refractivity contribution in [2.24, 2.45) is 5.92 Å². The molecule has 1 saturated carbocycles. The lowest BCUT2D eigenvalue weighted by atomic mass is 9.84. The predicted molar refractivity (Wildman–Crippen MR) is 77.4 cm³/mol. The smallest absolute Gasteiger partial charge is 0.154 e. The Morgan fingerprint density at radius 1 is 1.35 bits per heavy atom. The number of carbonyl (C=O) groups excluding carboxylic acids is 1. The predicted octanol–water partition coefficient (Wildman–Crippen LogP) is 3.51. The zero-order chi connectivity index (χ0) is 14.1. The van der Waals surface area contributed by atoms with Crippen LogP contribution in [-0.4, -0.2) is 17.9 Å². The second kappa shape index (κ2) is 5.82. The van der Waals surface area contributed by atoms with Crippen molar-refractivity contribution in [3.05, 3.63) is 34.6 Å². The summed E-state index contributed by atoms with van der Waals surface area (Å²) in [5.41, 5.74) is 0.717. The number of fused-ring (bicyclic) bond motifs is 1. The summed E-state index contributed by atoms with van der Waals surface area (Å²) in [6.07, 6.45) is 6.20. The lowest BCUT2D eigenvalue weighted by molar-refractivity contribution is -0.120. The molecule has 1 aliphatic heterocycles. The van der Waals surface area contributed by atoms with Crippen molar-refractivity contribution in [1.82, 2.24) is 5.32 Å². The zero-order valence-corrected chi connectivity index (χ0v) is 12.1. The number of halogens is 2. The van der Waals surface area contributed by atoms with E-state index in [2.05, 4.69) is 5.32 Å². The van der Waals surface area contributed by atoms with Crippen LogP contribution in [0.3, 0.4) is 0 Å². The first-order valence-corrected chi connectivity index (χ1v) is 7.74. The van der Waals surface area contributed by atoms with Crippen LogP contribution in [0.2, 0.25) is 5.02 Å². The Bertz CT molecular complexity index is 505. The van der Waals surface area contributed by atoms with Crippen LogP contribution in [0.4, 0.5) is 4.39 Å². The van der Waals surface area contributed by atoms with Gasteiger partial charge in [-0.1, -0.05) is 30.5 Å². The molecule has 0 radical (unpaired) electrons. The molecule has 0 amide bonds. The zero-order valence-electron chi connectivity index (χ0n) is 11.4. The van der Waals surface area contributed by atoms with Gasteiger partial charge < -0.3 is 5.32 Å². The van der Waals surface area contributed by atoms with Gasteiger partial charge in [0, 0.05) is 17.5 Å². The van der Waals surface area contributed by atoms with Gasteiger partial charge >= 0.3 is 0 Å². The molecule has 3 rings (SSSR count). The van der Waals surface area contributed by atoms with Gasteiger partial charge in [-0.25, -0.2) is 4.39 Å². The van der Waals surface area contributed by atoms with E-state index in [0.717, 1.165) is 12.0 Å². The van der Waals surface area contributed by atoms with Crippen molar-refractivity contribution >= 4 is 17.4 Å². The lowest BCUT2D eigenvalue weighted by Gasteiger charge is -2.24. The van der Waals surface area contributed by atoms with E-state index in [4.69, 9.17) is 11.6 Å². The van der Waals surface area contributed by atoms with Crippen molar-refractivity contribution in [3.8, 4) is 0 Å². The topological polar surface area (TPSA) is 29.1 Å². The molecule has 4 heteroatoms. The average molecular weight is 296 g/mol. The molecule has 1 aliphatic carbocycles. The largest absolute Gasteiger partial charge is 0.304 e. The molecule has 2 nitrogen and oxygen atoms in total. The SMILES string of the molecule is O=C(Cc1ccc(F)cc1Cl)C1CC2CCCCC2N1. The van der Waals surface area contributed by atoms with E-state index in [9.17, 15) is 9.18 Å². The van der Waals surface area contributed by atoms with E-state index < -0.39 is 0 Å². The second-order valence-electron chi connectivity index (χ2n) is 5.98. The Hall–Kier alpha value is -0.930. The van der Waals surface area contributed by atoms with Crippen LogP contribution >= 0.6 is 11.6 Å². The molecule has 108 valence electrons. The van der Waals surface area contributed by atoms with Crippen molar-refractivity contribution in [3.63, 3.8) is 0 Å². The fourth-order valence-electron chi connectivity index (χ4n) is 3.54. The Labute approximate surface area is 123 Å². The molecular formula is C16H19ClFNO. The van der Waals surface area contributed by atoms with Crippen LogP contribution in [0.5, 0.6) is 0 Å². The number of hydrogen-bond acceptors (Lipinski definition) is 2. The summed E-state index contributed by atoms with van der Waals surface area (Å²) in [6, 6.07) is 4.70. The third-order valence-corrected chi connectivity index (χ3v) is 4.98. The molecule has 1 aromatic carbocycles. The molecule has 3 unspecified atom stereocenters. The van der Waals surface area contributed by atoms with Crippen LogP contribution in [0.25, 0.3) is 0 Å². The minimum atomic E-state index is -0.365. The minimum Gasteiger partial charge on any atom is -0.304 e. The van der Waals surface area contributed by atoms with E-state index in [1.807, 2.05) is 0 Å². The molecule has 1 heterocycles. The van der Waals surface area contributed by atoms with E-state index >= 15 is 0 Å². The normalized spacial score (nSPS) is 29.2. The number of hydrogen-bond donors (Lipinski definition) is 1. The molecule has 3 atom stereocenters. The quantitative estimate of drug-likeness (QED) is 0.924. The molecular weight excluding hydrogens is 277 g/mol. The Morgan fingerprint density at radius 2 is 2.15 bits per heavy atom. The van der Waals surface area contributed by atoms with Crippen LogP contribution in [0.1, 0.15) is 37.7 Å². The van der Waals surface area contributed by atoms with Gasteiger partial charge in [0.1, 0.15) is 5.82 Å². The maximum Gasteiger partial charge on any atom is 0.154 e. The molecule has 1 saturated heterocycles. The highest BCUT2D eigenvalue weighted by molar-refractivity contribution is 6.31. The number of Topliss-reactive ketones (excluding diaryl/α,β-unsaturated/α-hetero) is 1. The molecule has 0 bridgehead atoms. The summed E-state index contributed by atoms with van der Waals surface area (Å²) in [7, 11) is 0. The Morgan fingerprint density at radius 3 is 2.90 bits per heavy atom. The second-order valence-corrected chi connectivity index (χ2v) is 6.39. The minimum absolute atomic E-state index is 0.0516. The maximum absolute atomic E-state index is 13.0. The summed E-state index contributed by atoms with van der Waals surface area (Å²) < 4.78 is 13.0. The lowest BCUT2D eigenvalue weighted by Crippen LogP contribution is -2.37. The first kappa shape index (κ1) is 14.0. The monoisotopic (exact) mass is 295 g/mol. The Balaban J connectivity index is 1.65. The van der Waals surface area contributed by atoms with Gasteiger partial charge in [0.05, 0.1) is 6.04 Å². The van der Waals surface area contributed by atoms with E-state index in [0.29, 0.717) is 17.0 Å². The third kappa shape index (κ3) is 2.89. The maximum atomic E-state index is 13.0. The number of carbonyl (C=O) groups is 1. The fraction of sp³-hybridized carbons (Fsp3) is 0.562. The highest BCUT2D eigenvalue weighted by Gasteiger charge is 2.37. The summed E-state index contributed by atoms with van der Waals surface area (Å²) in [5, 5.41) is 3.82. The first-order chi connectivity index (χ1) is 9.63. The molecule has 0 spiro atoms. The fourth-order valence-corrected chi connectivity index (χ4v) is 3.77. The number of benzene rings is 1. The van der Waals surface area contributed by atoms with Crippen LogP contribution < -0.4 is 5.32 Å². The van der Waals surface area contributed by atoms with Gasteiger partial charge in [0.15, 0.2) is 5.78 Å². The van der Waals surface area contributed by atoms with Crippen LogP contribution in [0, 0.1) is 11.7 Å². The van der Waals surface area contributed by atoms with Crippen molar-refractivity contribution < 1.29 is 9.18 Å². The number of rotatable bonds is 3. The van der Waals surface area contributed by atoms with E-state index in [1.165, 1.54) is 37.8 Å². The van der Waals surface area contributed by atoms with Gasteiger partial charge in [-0.3, -0.25) is 4.79 Å². The third-order valence-electron chi connectivity index (χ3n) is 4.63. The van der Waals surface area contributed by atoms with E-state index in [-0.39, 0.29) is 24.1 Å². The van der Waals surface area contributed by atoms with Crippen LogP contribution in [0.15, 0.2) is 18.2 Å². The number of ketones is 1. The van der Waals surface area contributed by atoms with E-state index in [1.54, 1.807) is 6.07 Å². The molecule has 2 fully saturated rings. The highest BCUT2D eigenvalue weighted by atomic mass is 35.5. The standard InChI is InChI=1S/C16H19ClFNO/c17-13-9-12(18)6-5-10(13)8-16(20)15-7-11-3-1-2-4-14(11)19-15/h5-6,9,11,14-15,19H,1-4,7-8H2. The van der Waals surface area contributed by atoms with Gasteiger partial charge in [-0.2, -0.15) is 0 Å². The van der Waals surface area contributed by atoms with Gasteiger partial charge in [-0.15, -0.1) is 0 Å². The first-order valence-electron chi connectivity index (χ1n) is 7.36. The van der Waals surface area contributed by atoms with Crippen LogP contribution in [-0.2, 0) is 11.2 Å². The molecule has 1 N–H and O–H groups in total. The molecule has 0 aromatic heterocycles. The highest BCUT2D eigenvalue weighted by Crippen LogP contribution is 2.33. The molecule has 20 heavy (non-hydrogen) atoms. The molecule has 1 aromatic rings. The number of nitrogens with one attached hydrogen (secondary N) is 1. The van der Waals surface area contributed by atoms with Crippen molar-refractivity contribution in [2.75, 3.05) is 0 Å². The summed E-state index contributed by atoms with van der Waals surface area (Å²) in [6.45, 7) is 0. The van der Waals surface area contributed by atoms with Crippen molar-refractivity contribution in [2.45, 2.75) is 50.6 Å². The molecule has 2 aliphatic rings. The summed E-state index contributed by atoms with van der Waals surface area (Å²) in [5.74, 6) is 0.463. The van der Waals surface area contributed by atoms with Gasteiger partial charge in [0.2, 0.25) is 0 Å². The Kier molecular flexibility index (Phi) is 4.08. The average Bonchev–Trinajstić information content (AvgIpc) is 2.86. The summed E-state index contributed by atoms with van der Waals surface area (Å²) >= 11 is 5.99. The van der Waals surface area contributed by atoms with Gasteiger partial charge in [-0.05, 0) is 42.9 Å². The summed E-state index contributed by atoms with van der Waals surface area (Å²) in [4.78, 5) is 12.4. The van der Waals surface area contributed by atoms with Crippen molar-refractivity contribution in [1.29, 1.82) is 0 Å².